The summed E-state index contributed by atoms with van der Waals surface area (Å²) < 4.78 is 19.4. The van der Waals surface area contributed by atoms with Crippen LogP contribution in [0.25, 0.3) is 10.2 Å². The smallest absolute Gasteiger partial charge is 0.198 e. The average Bonchev–Trinajstić information content (AvgIpc) is 3.30. The van der Waals surface area contributed by atoms with Crippen LogP contribution in [0.15, 0.2) is 42.5 Å². The van der Waals surface area contributed by atoms with Gasteiger partial charge in [-0.05, 0) is 49.4 Å². The van der Waals surface area contributed by atoms with E-state index in [4.69, 9.17) is 16.3 Å². The fraction of sp³-hybridized carbons (Fsp3) is 0.143. The monoisotopic (exact) mass is 457 g/mol. The number of ether oxygens (including phenoxy) is 1. The number of aryl methyl sites for hydroxylation is 1. The number of aromatic nitrogens is 2. The van der Waals surface area contributed by atoms with Gasteiger partial charge in [0.25, 0.3) is 0 Å². The Morgan fingerprint density at radius 1 is 1.23 bits per heavy atom. The zero-order valence-electron chi connectivity index (χ0n) is 15.6. The van der Waals surface area contributed by atoms with E-state index in [-0.39, 0.29) is 18.2 Å². The molecular formula is C21H13ClFN3O2S2. The molecule has 1 unspecified atom stereocenters. The summed E-state index contributed by atoms with van der Waals surface area (Å²) in [6.45, 7) is 1.86. The number of nitriles is 1. The summed E-state index contributed by atoms with van der Waals surface area (Å²) in [6.07, 6.45) is 0. The number of ketones is 1. The molecule has 150 valence electrons. The lowest BCUT2D eigenvalue weighted by Crippen LogP contribution is -2.10. The molecule has 9 heteroatoms. The van der Waals surface area contributed by atoms with Gasteiger partial charge in [0, 0.05) is 5.02 Å². The Morgan fingerprint density at radius 3 is 2.73 bits per heavy atom. The van der Waals surface area contributed by atoms with Gasteiger partial charge in [0.1, 0.15) is 28.2 Å². The minimum absolute atomic E-state index is 0.140. The van der Waals surface area contributed by atoms with Crippen molar-refractivity contribution in [1.82, 2.24) is 9.97 Å². The quantitative estimate of drug-likeness (QED) is 0.336. The third-order valence-corrected chi connectivity index (χ3v) is 6.73. The maximum atomic E-state index is 13.1. The van der Waals surface area contributed by atoms with Gasteiger partial charge in [0.15, 0.2) is 11.7 Å². The van der Waals surface area contributed by atoms with Gasteiger partial charge in [-0.25, -0.2) is 14.4 Å². The topological polar surface area (TPSA) is 75.9 Å². The second-order valence-corrected chi connectivity index (χ2v) is 8.94. The number of halogens is 2. The van der Waals surface area contributed by atoms with E-state index in [0.717, 1.165) is 4.70 Å². The number of hydrogen-bond donors (Lipinski definition) is 0. The first-order valence-electron chi connectivity index (χ1n) is 8.79. The number of nitrogens with zero attached hydrogens (tertiary/aromatic N) is 3. The van der Waals surface area contributed by atoms with Crippen LogP contribution in [0.3, 0.4) is 0 Å². The molecule has 2 aromatic carbocycles. The molecule has 0 N–H and O–H groups in total. The van der Waals surface area contributed by atoms with Crippen LogP contribution in [-0.2, 0) is 6.61 Å². The Labute approximate surface area is 184 Å². The van der Waals surface area contributed by atoms with E-state index < -0.39 is 5.92 Å². The Morgan fingerprint density at radius 2 is 2.00 bits per heavy atom. The molecule has 0 aliphatic heterocycles. The zero-order chi connectivity index (χ0) is 21.3. The molecule has 0 spiro atoms. The third-order valence-electron chi connectivity index (χ3n) is 4.25. The fourth-order valence-electron chi connectivity index (χ4n) is 2.82. The highest BCUT2D eigenvalue weighted by atomic mass is 35.5. The molecule has 0 bridgehead atoms. The van der Waals surface area contributed by atoms with Gasteiger partial charge in [-0.2, -0.15) is 5.26 Å². The number of carbonyl (C=O) groups excluding carboxylic acids is 1. The van der Waals surface area contributed by atoms with Crippen LogP contribution in [0.4, 0.5) is 4.39 Å². The Kier molecular flexibility index (Phi) is 5.77. The van der Waals surface area contributed by atoms with Crippen LogP contribution in [0.5, 0.6) is 5.75 Å². The Bertz CT molecular complexity index is 1280. The number of Topliss-reactive ketones (excluding diaryl/α,β-unsaturated/α-hetero) is 1. The van der Waals surface area contributed by atoms with Crippen molar-refractivity contribution in [3.63, 3.8) is 0 Å². The molecule has 0 aliphatic carbocycles. The van der Waals surface area contributed by atoms with Crippen LogP contribution >= 0.6 is 34.3 Å². The largest absolute Gasteiger partial charge is 0.486 e. The first kappa shape index (κ1) is 20.4. The third kappa shape index (κ3) is 4.19. The number of thiazole rings is 2. The molecule has 5 nitrogen and oxygen atoms in total. The maximum Gasteiger partial charge on any atom is 0.198 e. The average molecular weight is 458 g/mol. The highest BCUT2D eigenvalue weighted by Crippen LogP contribution is 2.33. The van der Waals surface area contributed by atoms with E-state index in [1.807, 2.05) is 6.07 Å². The van der Waals surface area contributed by atoms with Crippen LogP contribution in [-0.4, -0.2) is 15.8 Å². The van der Waals surface area contributed by atoms with Crippen molar-refractivity contribution < 1.29 is 13.9 Å². The maximum absolute atomic E-state index is 13.1. The summed E-state index contributed by atoms with van der Waals surface area (Å²) in [6, 6.07) is 13.0. The molecule has 4 aromatic rings. The summed E-state index contributed by atoms with van der Waals surface area (Å²) in [7, 11) is 0. The molecule has 0 radical (unpaired) electrons. The second kappa shape index (κ2) is 8.48. The van der Waals surface area contributed by atoms with Gasteiger partial charge in [0.05, 0.1) is 26.9 Å². The lowest BCUT2D eigenvalue weighted by Gasteiger charge is -2.03. The van der Waals surface area contributed by atoms with Crippen LogP contribution in [0.2, 0.25) is 5.02 Å². The predicted molar refractivity (Wildman–Crippen MR) is 115 cm³/mol. The van der Waals surface area contributed by atoms with E-state index in [1.165, 1.54) is 46.9 Å². The van der Waals surface area contributed by atoms with Crippen molar-refractivity contribution >= 4 is 50.3 Å². The summed E-state index contributed by atoms with van der Waals surface area (Å²) >= 11 is 8.48. The molecule has 0 amide bonds. The molecular weight excluding hydrogens is 445 g/mol. The van der Waals surface area contributed by atoms with E-state index in [9.17, 15) is 14.4 Å². The van der Waals surface area contributed by atoms with E-state index in [0.29, 0.717) is 36.9 Å². The summed E-state index contributed by atoms with van der Waals surface area (Å²) in [5.41, 5.74) is 1.19. The van der Waals surface area contributed by atoms with Crippen molar-refractivity contribution in [3.8, 4) is 11.8 Å². The summed E-state index contributed by atoms with van der Waals surface area (Å²) in [5.74, 6) is -1.21. The standard InChI is InChI=1S/C21H13ClFN3O2S2/c1-11-20(30-18(25-11)10-28-14-5-3-13(23)4-6-14)19(27)15(9-24)21-26-16-8-12(22)2-7-17(16)29-21/h2-8,15H,10H2,1H3. The van der Waals surface area contributed by atoms with Gasteiger partial charge < -0.3 is 4.74 Å². The van der Waals surface area contributed by atoms with Gasteiger partial charge >= 0.3 is 0 Å². The van der Waals surface area contributed by atoms with E-state index in [1.54, 1.807) is 19.1 Å². The van der Waals surface area contributed by atoms with Gasteiger partial charge in [0.2, 0.25) is 0 Å². The first-order valence-corrected chi connectivity index (χ1v) is 10.8. The number of fused-ring (bicyclic) bond motifs is 1. The van der Waals surface area contributed by atoms with E-state index in [2.05, 4.69) is 16.0 Å². The zero-order valence-corrected chi connectivity index (χ0v) is 17.9. The van der Waals surface area contributed by atoms with Crippen molar-refractivity contribution in [2.45, 2.75) is 19.4 Å². The van der Waals surface area contributed by atoms with Gasteiger partial charge in [-0.1, -0.05) is 11.6 Å². The predicted octanol–water partition coefficient (Wildman–Crippen LogP) is 5.92. The van der Waals surface area contributed by atoms with Crippen LogP contribution < -0.4 is 4.74 Å². The second-order valence-electron chi connectivity index (χ2n) is 6.36. The minimum atomic E-state index is -1.02. The summed E-state index contributed by atoms with van der Waals surface area (Å²) in [4.78, 5) is 22.3. The molecule has 0 aliphatic rings. The number of carbonyl (C=O) groups is 1. The molecule has 0 saturated heterocycles. The van der Waals surface area contributed by atoms with Crippen LogP contribution in [0.1, 0.15) is 31.3 Å². The Hall–Kier alpha value is -2.86. The van der Waals surface area contributed by atoms with Crippen molar-refractivity contribution in [2.24, 2.45) is 0 Å². The molecule has 2 heterocycles. The van der Waals surface area contributed by atoms with Crippen molar-refractivity contribution in [3.05, 3.63) is 73.9 Å². The SMILES string of the molecule is Cc1nc(COc2ccc(F)cc2)sc1C(=O)C(C#N)c1nc2cc(Cl)ccc2s1. The normalized spacial score (nSPS) is 11.9. The van der Waals surface area contributed by atoms with E-state index >= 15 is 0 Å². The van der Waals surface area contributed by atoms with Crippen molar-refractivity contribution in [2.75, 3.05) is 0 Å². The molecule has 0 fully saturated rings. The Balaban J connectivity index is 1.55. The molecule has 1 atom stereocenters. The molecule has 30 heavy (non-hydrogen) atoms. The molecule has 0 saturated carbocycles. The number of hydrogen-bond acceptors (Lipinski definition) is 7. The first-order chi connectivity index (χ1) is 14.4. The molecule has 4 rings (SSSR count). The van der Waals surface area contributed by atoms with Crippen LogP contribution in [0, 0.1) is 24.1 Å². The number of benzene rings is 2. The summed E-state index contributed by atoms with van der Waals surface area (Å²) in [5, 5.41) is 11.2. The highest BCUT2D eigenvalue weighted by molar-refractivity contribution is 7.19. The fourth-order valence-corrected chi connectivity index (χ4v) is 4.92. The lowest BCUT2D eigenvalue weighted by molar-refractivity contribution is 0.0982. The molecule has 2 aromatic heterocycles. The van der Waals surface area contributed by atoms with Gasteiger partial charge in [-0.3, -0.25) is 4.79 Å². The highest BCUT2D eigenvalue weighted by Gasteiger charge is 2.29. The van der Waals surface area contributed by atoms with Gasteiger partial charge in [-0.15, -0.1) is 22.7 Å². The number of rotatable bonds is 6. The van der Waals surface area contributed by atoms with Crippen molar-refractivity contribution in [1.29, 1.82) is 5.26 Å². The minimum Gasteiger partial charge on any atom is -0.486 e. The lowest BCUT2D eigenvalue weighted by atomic mass is 10.0.